The lowest BCUT2D eigenvalue weighted by Crippen LogP contribution is -1.87. The third kappa shape index (κ3) is 7.66. The molecule has 0 fully saturated rings. The van der Waals surface area contributed by atoms with E-state index in [0.717, 1.165) is 30.5 Å². The van der Waals surface area contributed by atoms with Crippen molar-refractivity contribution < 1.29 is 9.21 Å². The molecule has 0 amide bonds. The van der Waals surface area contributed by atoms with Crippen molar-refractivity contribution >= 4 is 12.4 Å². The quantitative estimate of drug-likeness (QED) is 0.304. The van der Waals surface area contributed by atoms with Crippen molar-refractivity contribution in [3.63, 3.8) is 0 Å². The average Bonchev–Trinajstić information content (AvgIpc) is 2.93. The van der Waals surface area contributed by atoms with E-state index < -0.39 is 0 Å². The molecule has 0 aliphatic heterocycles. The molecule has 1 aromatic heterocycles. The monoisotopic (exact) mass is 262 g/mol. The van der Waals surface area contributed by atoms with Gasteiger partial charge in [-0.1, -0.05) is 51.9 Å². The third-order valence-electron chi connectivity index (χ3n) is 3.34. The molecule has 0 radical (unpaired) electrons. The topological polar surface area (TPSA) is 30.2 Å². The zero-order valence-corrected chi connectivity index (χ0v) is 12.1. The summed E-state index contributed by atoms with van der Waals surface area (Å²) in [5.41, 5.74) is 0.834. The lowest BCUT2D eigenvalue weighted by molar-refractivity contribution is -0.105. The van der Waals surface area contributed by atoms with Gasteiger partial charge < -0.3 is 4.42 Å². The number of unbranched alkanes of at least 4 members (excludes halogenated alkanes) is 7. The van der Waals surface area contributed by atoms with Gasteiger partial charge in [-0.15, -0.1) is 0 Å². The van der Waals surface area contributed by atoms with Crippen LogP contribution in [-0.2, 0) is 4.79 Å². The largest absolute Gasteiger partial charge is 0.465 e. The Kier molecular flexibility index (Phi) is 8.78. The van der Waals surface area contributed by atoms with E-state index in [1.807, 2.05) is 18.2 Å². The number of carbonyl (C=O) groups is 1. The zero-order valence-electron chi connectivity index (χ0n) is 12.1. The van der Waals surface area contributed by atoms with Gasteiger partial charge in [-0.25, -0.2) is 0 Å². The van der Waals surface area contributed by atoms with Gasteiger partial charge in [-0.3, -0.25) is 4.79 Å². The molecule has 0 saturated heterocycles. The molecule has 0 aromatic carbocycles. The van der Waals surface area contributed by atoms with E-state index in [0.29, 0.717) is 0 Å². The molecule has 1 aromatic rings. The average molecular weight is 262 g/mol. The molecule has 0 unspecified atom stereocenters. The maximum absolute atomic E-state index is 11.0. The minimum absolute atomic E-state index is 0.765. The first-order chi connectivity index (χ1) is 9.36. The molecule has 0 bridgehead atoms. The highest BCUT2D eigenvalue weighted by atomic mass is 16.3. The van der Waals surface area contributed by atoms with Crippen LogP contribution in [0.2, 0.25) is 0 Å². The van der Waals surface area contributed by atoms with Crippen LogP contribution in [0, 0.1) is 0 Å². The Morgan fingerprint density at radius 1 is 1.11 bits per heavy atom. The number of carbonyl (C=O) groups excluding carboxylic acids is 1. The van der Waals surface area contributed by atoms with Crippen molar-refractivity contribution in [3.8, 4) is 0 Å². The summed E-state index contributed by atoms with van der Waals surface area (Å²) < 4.78 is 5.21. The highest BCUT2D eigenvalue weighted by molar-refractivity contribution is 5.80. The van der Waals surface area contributed by atoms with Gasteiger partial charge in [0.2, 0.25) is 0 Å². The van der Waals surface area contributed by atoms with Crippen LogP contribution >= 0.6 is 0 Å². The first-order valence-electron chi connectivity index (χ1n) is 7.56. The Bertz CT molecular complexity index is 349. The molecule has 0 aliphatic rings. The maximum atomic E-state index is 11.0. The van der Waals surface area contributed by atoms with Crippen LogP contribution in [0.1, 0.15) is 70.5 Å². The molecule has 0 saturated carbocycles. The van der Waals surface area contributed by atoms with Crippen molar-refractivity contribution in [1.82, 2.24) is 0 Å². The summed E-state index contributed by atoms with van der Waals surface area (Å²) in [5.74, 6) is 0.765. The minimum atomic E-state index is 0.765. The second kappa shape index (κ2) is 10.6. The van der Waals surface area contributed by atoms with E-state index in [1.54, 1.807) is 6.26 Å². The Morgan fingerprint density at radius 3 is 2.37 bits per heavy atom. The number of aldehydes is 1. The zero-order chi connectivity index (χ0) is 13.8. The molecular formula is C17H26O2. The van der Waals surface area contributed by atoms with Gasteiger partial charge in [0, 0.05) is 0 Å². The van der Waals surface area contributed by atoms with Gasteiger partial charge in [0.05, 0.1) is 6.26 Å². The molecule has 0 N–H and O–H groups in total. The molecule has 2 nitrogen and oxygen atoms in total. The van der Waals surface area contributed by atoms with E-state index in [1.165, 1.54) is 44.9 Å². The number of hydrogen-bond acceptors (Lipinski definition) is 2. The lowest BCUT2D eigenvalue weighted by atomic mass is 10.0. The van der Waals surface area contributed by atoms with Gasteiger partial charge in [-0.05, 0) is 36.6 Å². The van der Waals surface area contributed by atoms with E-state index in [2.05, 4.69) is 6.92 Å². The summed E-state index contributed by atoms with van der Waals surface area (Å²) in [7, 11) is 0. The van der Waals surface area contributed by atoms with Crippen LogP contribution in [0.5, 0.6) is 0 Å². The van der Waals surface area contributed by atoms with Crippen molar-refractivity contribution in [1.29, 1.82) is 0 Å². The highest BCUT2D eigenvalue weighted by Gasteiger charge is 1.99. The van der Waals surface area contributed by atoms with E-state index in [9.17, 15) is 4.79 Å². The smallest absolute Gasteiger partial charge is 0.146 e. The normalized spacial score (nSPS) is 11.7. The Balaban J connectivity index is 2.09. The summed E-state index contributed by atoms with van der Waals surface area (Å²) in [6.45, 7) is 2.24. The van der Waals surface area contributed by atoms with Crippen LogP contribution in [0.4, 0.5) is 0 Å². The third-order valence-corrected chi connectivity index (χ3v) is 3.34. The number of furan rings is 1. The summed E-state index contributed by atoms with van der Waals surface area (Å²) in [5, 5.41) is 0. The fraction of sp³-hybridized carbons (Fsp3) is 0.588. The van der Waals surface area contributed by atoms with Crippen molar-refractivity contribution in [2.45, 2.75) is 64.7 Å². The van der Waals surface area contributed by atoms with Crippen LogP contribution in [0.25, 0.3) is 6.08 Å². The summed E-state index contributed by atoms with van der Waals surface area (Å²) in [6, 6.07) is 3.71. The van der Waals surface area contributed by atoms with Crippen molar-refractivity contribution in [2.24, 2.45) is 0 Å². The second-order valence-corrected chi connectivity index (χ2v) is 5.08. The fourth-order valence-corrected chi connectivity index (χ4v) is 2.18. The standard InChI is InChI=1S/C17H26O2/c1-2-3-4-5-6-7-8-9-11-16(15-18)14-17-12-10-13-19-17/h10,12-15H,2-9,11H2,1H3/b16-14-. The molecule has 1 heterocycles. The number of hydrogen-bond donors (Lipinski definition) is 0. The Labute approximate surface area is 116 Å². The molecule has 0 aliphatic carbocycles. The summed E-state index contributed by atoms with van der Waals surface area (Å²) in [4.78, 5) is 11.0. The van der Waals surface area contributed by atoms with Crippen LogP contribution in [-0.4, -0.2) is 6.29 Å². The number of rotatable bonds is 11. The molecular weight excluding hydrogens is 236 g/mol. The van der Waals surface area contributed by atoms with Gasteiger partial charge in [0.25, 0.3) is 0 Å². The Hall–Kier alpha value is -1.31. The first kappa shape index (κ1) is 15.7. The highest BCUT2D eigenvalue weighted by Crippen LogP contribution is 2.14. The molecule has 1 rings (SSSR count). The fourth-order valence-electron chi connectivity index (χ4n) is 2.18. The first-order valence-corrected chi connectivity index (χ1v) is 7.56. The number of allylic oxidation sites excluding steroid dienone is 1. The van der Waals surface area contributed by atoms with Gasteiger partial charge in [-0.2, -0.15) is 0 Å². The Morgan fingerprint density at radius 2 is 1.79 bits per heavy atom. The van der Waals surface area contributed by atoms with Gasteiger partial charge in [0.15, 0.2) is 0 Å². The predicted molar refractivity (Wildman–Crippen MR) is 80.0 cm³/mol. The van der Waals surface area contributed by atoms with Crippen LogP contribution in [0.3, 0.4) is 0 Å². The molecule has 106 valence electrons. The van der Waals surface area contributed by atoms with Crippen LogP contribution < -0.4 is 0 Å². The van der Waals surface area contributed by atoms with E-state index >= 15 is 0 Å². The molecule has 0 spiro atoms. The van der Waals surface area contributed by atoms with Crippen molar-refractivity contribution in [3.05, 3.63) is 29.7 Å². The summed E-state index contributed by atoms with van der Waals surface area (Å²) >= 11 is 0. The van der Waals surface area contributed by atoms with Gasteiger partial charge in [0.1, 0.15) is 12.0 Å². The second-order valence-electron chi connectivity index (χ2n) is 5.08. The van der Waals surface area contributed by atoms with E-state index in [4.69, 9.17) is 4.42 Å². The minimum Gasteiger partial charge on any atom is -0.465 e. The SMILES string of the molecule is CCCCCCCCCC/C(C=O)=C/c1ccco1. The molecule has 0 atom stereocenters. The van der Waals surface area contributed by atoms with E-state index in [-0.39, 0.29) is 0 Å². The summed E-state index contributed by atoms with van der Waals surface area (Å²) in [6.07, 6.45) is 15.6. The molecule has 19 heavy (non-hydrogen) atoms. The predicted octanol–water partition coefficient (Wildman–Crippen LogP) is 5.39. The maximum Gasteiger partial charge on any atom is 0.146 e. The van der Waals surface area contributed by atoms with Crippen molar-refractivity contribution in [2.75, 3.05) is 0 Å². The van der Waals surface area contributed by atoms with Gasteiger partial charge >= 0.3 is 0 Å². The molecule has 2 heteroatoms. The lowest BCUT2D eigenvalue weighted by Gasteiger charge is -2.01. The van der Waals surface area contributed by atoms with Crippen LogP contribution in [0.15, 0.2) is 28.4 Å².